The minimum Gasteiger partial charge on any atom is -0.486 e. The molecule has 0 unspecified atom stereocenters. The molecule has 1 aliphatic heterocycles. The van der Waals surface area contributed by atoms with Crippen molar-refractivity contribution in [2.45, 2.75) is 19.4 Å². The molecule has 1 saturated heterocycles. The van der Waals surface area contributed by atoms with Gasteiger partial charge in [-0.2, -0.15) is 0 Å². The molecule has 9 nitrogen and oxygen atoms in total. The van der Waals surface area contributed by atoms with E-state index in [0.29, 0.717) is 53.2 Å². The number of aromatic nitrogens is 3. The number of pyridine rings is 1. The van der Waals surface area contributed by atoms with E-state index in [1.165, 1.54) is 12.4 Å². The molecule has 0 saturated carbocycles. The molecule has 1 fully saturated rings. The summed E-state index contributed by atoms with van der Waals surface area (Å²) in [6.07, 6.45) is 5.97. The van der Waals surface area contributed by atoms with Crippen LogP contribution in [0.3, 0.4) is 0 Å². The van der Waals surface area contributed by atoms with E-state index in [4.69, 9.17) is 16.3 Å². The number of carbonyl (C=O) groups excluding carboxylic acids is 2. The van der Waals surface area contributed by atoms with Gasteiger partial charge in [0.05, 0.1) is 22.2 Å². The van der Waals surface area contributed by atoms with Crippen molar-refractivity contribution in [2.24, 2.45) is 5.92 Å². The van der Waals surface area contributed by atoms with E-state index in [1.54, 1.807) is 29.3 Å². The number of piperidine rings is 1. The first-order valence-electron chi connectivity index (χ1n) is 12.6. The quantitative estimate of drug-likeness (QED) is 0.288. The van der Waals surface area contributed by atoms with Gasteiger partial charge in [-0.05, 0) is 67.4 Å². The van der Waals surface area contributed by atoms with Gasteiger partial charge in [-0.25, -0.2) is 9.97 Å². The van der Waals surface area contributed by atoms with Crippen LogP contribution in [0, 0.1) is 5.92 Å². The molecule has 0 bridgehead atoms. The molecule has 10 heteroatoms. The Morgan fingerprint density at radius 1 is 1.10 bits per heavy atom. The third-order valence-electron chi connectivity index (χ3n) is 6.48. The number of nitrogens with one attached hydrogen (secondary N) is 2. The number of rotatable bonds is 8. The summed E-state index contributed by atoms with van der Waals surface area (Å²) >= 11 is 6.48. The van der Waals surface area contributed by atoms with Crippen LogP contribution >= 0.6 is 11.6 Å². The summed E-state index contributed by atoms with van der Waals surface area (Å²) in [5.41, 5.74) is 2.85. The van der Waals surface area contributed by atoms with Crippen molar-refractivity contribution in [1.82, 2.24) is 19.9 Å². The molecule has 2 aromatic carbocycles. The molecule has 1 aliphatic rings. The summed E-state index contributed by atoms with van der Waals surface area (Å²) in [6, 6.07) is 16.5. The summed E-state index contributed by atoms with van der Waals surface area (Å²) < 4.78 is 5.81. The second kappa shape index (κ2) is 11.9. The van der Waals surface area contributed by atoms with Crippen molar-refractivity contribution >= 4 is 51.5 Å². The van der Waals surface area contributed by atoms with Crippen molar-refractivity contribution in [3.63, 3.8) is 0 Å². The number of fused-ring (bicyclic) bond motifs is 1. The molecule has 2 amide bonds. The molecule has 39 heavy (non-hydrogen) atoms. The lowest BCUT2D eigenvalue weighted by molar-refractivity contribution is -0.130. The van der Waals surface area contributed by atoms with Gasteiger partial charge in [0, 0.05) is 36.0 Å². The van der Waals surface area contributed by atoms with E-state index in [2.05, 4.69) is 32.2 Å². The van der Waals surface area contributed by atoms with Gasteiger partial charge in [-0.15, -0.1) is 0 Å². The van der Waals surface area contributed by atoms with E-state index in [1.807, 2.05) is 36.4 Å². The number of hydrogen-bond acceptors (Lipinski definition) is 7. The maximum absolute atomic E-state index is 13.0. The van der Waals surface area contributed by atoms with E-state index >= 15 is 0 Å². The van der Waals surface area contributed by atoms with Gasteiger partial charge >= 0.3 is 0 Å². The lowest BCUT2D eigenvalue weighted by Crippen LogP contribution is -2.43. The van der Waals surface area contributed by atoms with Crippen LogP contribution < -0.4 is 15.4 Å². The van der Waals surface area contributed by atoms with Crippen molar-refractivity contribution in [3.8, 4) is 5.75 Å². The molecular weight excluding hydrogens is 516 g/mol. The Morgan fingerprint density at radius 2 is 1.97 bits per heavy atom. The van der Waals surface area contributed by atoms with Crippen LogP contribution in [0.25, 0.3) is 10.9 Å². The second-order valence-corrected chi connectivity index (χ2v) is 9.56. The fourth-order valence-electron chi connectivity index (χ4n) is 4.47. The topological polar surface area (TPSA) is 109 Å². The normalized spacial score (nSPS) is 15.0. The highest BCUT2D eigenvalue weighted by atomic mass is 35.5. The number of carbonyl (C=O) groups is 2. The number of likely N-dealkylation sites (tertiary alicyclic amines) is 1. The van der Waals surface area contributed by atoms with Gasteiger partial charge in [0.25, 0.3) is 0 Å². The Kier molecular flexibility index (Phi) is 7.98. The largest absolute Gasteiger partial charge is 0.486 e. The van der Waals surface area contributed by atoms with Gasteiger partial charge in [0.15, 0.2) is 0 Å². The first-order chi connectivity index (χ1) is 19.0. The number of halogens is 1. The smallest absolute Gasteiger partial charge is 0.245 e. The molecule has 0 spiro atoms. The van der Waals surface area contributed by atoms with Gasteiger partial charge in [0.1, 0.15) is 24.5 Å². The lowest BCUT2D eigenvalue weighted by atomic mass is 9.97. The molecule has 4 aromatic rings. The molecule has 0 aliphatic carbocycles. The van der Waals surface area contributed by atoms with E-state index < -0.39 is 0 Å². The summed E-state index contributed by atoms with van der Waals surface area (Å²) in [6.45, 7) is 4.87. The number of nitrogens with zero attached hydrogens (tertiary/aromatic N) is 4. The number of ether oxygens (including phenoxy) is 1. The van der Waals surface area contributed by atoms with Gasteiger partial charge < -0.3 is 20.3 Å². The molecule has 2 N–H and O–H groups in total. The highest BCUT2D eigenvalue weighted by molar-refractivity contribution is 6.32. The average molecular weight is 543 g/mol. The lowest BCUT2D eigenvalue weighted by Gasteiger charge is -2.31. The molecule has 0 radical (unpaired) electrons. The molecule has 1 atom stereocenters. The Labute approximate surface area is 230 Å². The van der Waals surface area contributed by atoms with Crippen LogP contribution in [0.2, 0.25) is 5.02 Å². The van der Waals surface area contributed by atoms with Crippen LogP contribution in [0.1, 0.15) is 18.5 Å². The van der Waals surface area contributed by atoms with Gasteiger partial charge in [-0.3, -0.25) is 14.6 Å². The summed E-state index contributed by atoms with van der Waals surface area (Å²) in [7, 11) is 0. The third-order valence-corrected chi connectivity index (χ3v) is 6.77. The van der Waals surface area contributed by atoms with E-state index in [-0.39, 0.29) is 17.7 Å². The molecule has 5 rings (SSSR count). The fraction of sp³-hybridized carbons (Fsp3) is 0.207. The zero-order valence-electron chi connectivity index (χ0n) is 21.1. The van der Waals surface area contributed by atoms with Crippen LogP contribution in [0.5, 0.6) is 5.75 Å². The van der Waals surface area contributed by atoms with E-state index in [0.717, 1.165) is 23.9 Å². The second-order valence-electron chi connectivity index (χ2n) is 9.15. The van der Waals surface area contributed by atoms with Crippen LogP contribution in [0.15, 0.2) is 79.8 Å². The standard InChI is InChI=1S/C29H27ClN6O3/c1-2-27(37)36-13-5-6-19(16-36)29(38)35-20-8-10-25-23(14-20)28(33-18-32-25)34-21-9-11-26(24(30)15-21)39-17-22-7-3-4-12-31-22/h2-4,7-12,14-15,18-19H,1,5-6,13,16-17H2,(H,35,38)(H,32,33,34)/t19-/m0/s1. The van der Waals surface area contributed by atoms with Crippen LogP contribution in [0.4, 0.5) is 17.2 Å². The van der Waals surface area contributed by atoms with Gasteiger partial charge in [0.2, 0.25) is 11.8 Å². The Bertz CT molecular complexity index is 1510. The minimum atomic E-state index is -0.288. The summed E-state index contributed by atoms with van der Waals surface area (Å²) in [4.78, 5) is 39.7. The maximum atomic E-state index is 13.0. The SMILES string of the molecule is C=CC(=O)N1CCC[C@H](C(=O)Nc2ccc3ncnc(Nc4ccc(OCc5ccccn5)c(Cl)c4)c3c2)C1. The first-order valence-corrected chi connectivity index (χ1v) is 12.9. The number of hydrogen-bond donors (Lipinski definition) is 2. The van der Waals surface area contributed by atoms with Crippen molar-refractivity contribution < 1.29 is 14.3 Å². The molecular formula is C29H27ClN6O3. The summed E-state index contributed by atoms with van der Waals surface area (Å²) in [5, 5.41) is 7.45. The Morgan fingerprint density at radius 3 is 2.77 bits per heavy atom. The van der Waals surface area contributed by atoms with Crippen LogP contribution in [-0.4, -0.2) is 44.8 Å². The zero-order valence-corrected chi connectivity index (χ0v) is 21.9. The molecule has 198 valence electrons. The van der Waals surface area contributed by atoms with Crippen molar-refractivity contribution in [3.05, 3.63) is 90.5 Å². The molecule has 3 heterocycles. The Balaban J connectivity index is 1.29. The monoisotopic (exact) mass is 542 g/mol. The summed E-state index contributed by atoms with van der Waals surface area (Å²) in [5.74, 6) is 0.536. The number of anilines is 3. The highest BCUT2D eigenvalue weighted by Gasteiger charge is 2.27. The predicted molar refractivity (Wildman–Crippen MR) is 151 cm³/mol. The van der Waals surface area contributed by atoms with Crippen LogP contribution in [-0.2, 0) is 16.2 Å². The molecule has 2 aromatic heterocycles. The Hall–Kier alpha value is -4.50. The third kappa shape index (κ3) is 6.32. The highest BCUT2D eigenvalue weighted by Crippen LogP contribution is 2.31. The maximum Gasteiger partial charge on any atom is 0.245 e. The number of benzene rings is 2. The first kappa shape index (κ1) is 26.1. The van der Waals surface area contributed by atoms with E-state index in [9.17, 15) is 9.59 Å². The minimum absolute atomic E-state index is 0.129. The fourth-order valence-corrected chi connectivity index (χ4v) is 4.70. The zero-order chi connectivity index (χ0) is 27.2. The van der Waals surface area contributed by atoms with Crippen molar-refractivity contribution in [1.29, 1.82) is 0 Å². The predicted octanol–water partition coefficient (Wildman–Crippen LogP) is 5.36. The van der Waals surface area contributed by atoms with Gasteiger partial charge in [-0.1, -0.05) is 24.2 Å². The van der Waals surface area contributed by atoms with Crippen molar-refractivity contribution in [2.75, 3.05) is 23.7 Å². The average Bonchev–Trinajstić information content (AvgIpc) is 2.97. The number of amides is 2.